The summed E-state index contributed by atoms with van der Waals surface area (Å²) in [6.45, 7) is 0.0859. The number of rotatable bonds is 18. The topological polar surface area (TPSA) is 282 Å². The Morgan fingerprint density at radius 1 is 0.609 bits per heavy atom. The highest BCUT2D eigenvalue weighted by Gasteiger charge is 2.57. The molecule has 13 rings (SSSR count). The van der Waals surface area contributed by atoms with Gasteiger partial charge in [-0.15, -0.1) is 11.3 Å². The van der Waals surface area contributed by atoms with Crippen LogP contribution >= 0.6 is 46.1 Å². The molecule has 8 N–H and O–H groups in total. The van der Waals surface area contributed by atoms with Crippen LogP contribution in [0.15, 0.2) is 151 Å². The van der Waals surface area contributed by atoms with Crippen LogP contribution in [0.5, 0.6) is 0 Å². The van der Waals surface area contributed by atoms with Crippen LogP contribution in [0.4, 0.5) is 0 Å². The van der Waals surface area contributed by atoms with E-state index in [1.165, 1.54) is 0 Å². The molecule has 3 aliphatic carbocycles. The molecule has 5 heterocycles. The third-order valence-corrected chi connectivity index (χ3v) is 20.0. The van der Waals surface area contributed by atoms with Gasteiger partial charge in [0.05, 0.1) is 36.6 Å². The molecule has 2 aromatic heterocycles. The molecule has 5 aromatic carbocycles. The van der Waals surface area contributed by atoms with E-state index >= 15 is 0 Å². The molecule has 92 heavy (non-hydrogen) atoms. The first-order valence-corrected chi connectivity index (χ1v) is 32.6. The van der Waals surface area contributed by atoms with Crippen molar-refractivity contribution in [2.24, 2.45) is 11.5 Å². The van der Waals surface area contributed by atoms with Crippen molar-refractivity contribution in [3.05, 3.63) is 200 Å². The fraction of sp³-hybridized carbons (Fsp3) is 0.348. The number of ketones is 3. The minimum atomic E-state index is -1.02. The number of carbonyl (C=O) groups is 8. The summed E-state index contributed by atoms with van der Waals surface area (Å²) in [5.41, 5.74) is 14.4. The number of fused-ring (bicyclic) bond motifs is 3. The molecule has 0 radical (unpaired) electrons. The maximum Gasteiger partial charge on any atom is 0.251 e. The van der Waals surface area contributed by atoms with Crippen molar-refractivity contribution in [3.63, 3.8) is 0 Å². The summed E-state index contributed by atoms with van der Waals surface area (Å²) in [7, 11) is 0. The predicted octanol–water partition coefficient (Wildman–Crippen LogP) is 8.59. The van der Waals surface area contributed by atoms with Crippen LogP contribution < -0.4 is 32.7 Å². The Balaban J connectivity index is 0.000000145. The molecule has 19 nitrogen and oxygen atoms in total. The lowest BCUT2D eigenvalue weighted by Crippen LogP contribution is -2.60. The van der Waals surface area contributed by atoms with E-state index in [4.69, 9.17) is 60.5 Å². The molecule has 0 bridgehead atoms. The fourth-order valence-electron chi connectivity index (χ4n) is 13.4. The highest BCUT2D eigenvalue weighted by Crippen LogP contribution is 2.41. The molecule has 9 unspecified atom stereocenters. The number of halogens is 3. The zero-order chi connectivity index (χ0) is 64.7. The molecule has 7 aromatic rings. The maximum atomic E-state index is 13.9. The molecule has 6 fully saturated rings. The lowest BCUT2D eigenvalue weighted by Gasteiger charge is -2.30. The van der Waals surface area contributed by atoms with E-state index in [1.807, 2.05) is 66.0 Å². The first kappa shape index (κ1) is 65.6. The molecule has 6 aliphatic rings. The number of imidazole rings is 1. The summed E-state index contributed by atoms with van der Waals surface area (Å²) in [6.07, 6.45) is 11.6. The molecule has 0 spiro atoms. The van der Waals surface area contributed by atoms with E-state index in [0.717, 1.165) is 71.3 Å². The van der Waals surface area contributed by atoms with E-state index in [-0.39, 0.29) is 91.6 Å². The van der Waals surface area contributed by atoms with Gasteiger partial charge in [-0.25, -0.2) is 4.98 Å². The van der Waals surface area contributed by atoms with E-state index in [2.05, 4.69) is 26.3 Å². The first-order chi connectivity index (χ1) is 44.3. The Bertz CT molecular complexity index is 3860. The average Bonchev–Trinajstić information content (AvgIpc) is 1.61. The first-order valence-electron chi connectivity index (χ1n) is 30.6. The Kier molecular flexibility index (Phi) is 20.3. The Labute approximate surface area is 550 Å². The SMILES string of the molecule is NC(=O)c1ccc(-n2ccnc2)cc1C(Cc1ccc(Cl)cc1)C(=O)NC12CCCC1OCC2=O.NC(Cc1ccc(Cl)cc1)C(=O)NC12CCCC1OCC2=O.O=C(NC(Cc1ccc(Cl)cc1)C(=O)NC12CCCC1OCC2=O)c1ccc(-c2cccs2)cc1. The standard InChI is InChI=1S/C27H25ClN2O4S.C26H25ClN4O4.C16H19ClN2O3/c28-20-11-5-17(6-12-20)15-21(26(33)30-27-13-1-4-24(27)34-16-23(27)31)29-25(32)19-9-7-18(8-10-19)22-3-2-14-35-22;27-17-5-3-16(4-6-17)12-21(25(34)30-26-9-1-2-23(26)35-14-22(26)32)20-13-18(31-11-10-29-15-31)7-8-19(20)24(28)33;17-11-5-3-10(4-6-11)8-12(18)15(21)19-16-7-1-2-14(16)22-9-13(16)20/h2-3,5-12,14,21,24H,1,4,13,15-16H2,(H,29,32)(H,30,33);3-8,10-11,13,15,21,23H,1-2,9,12,14H2,(H2,28,33)(H,30,34);3-6,12,14H,1-2,7-9,18H2,(H,19,21). The molecular formula is C69H69Cl3N8O11S. The summed E-state index contributed by atoms with van der Waals surface area (Å²) >= 11 is 19.5. The number of primary amides is 1. The summed E-state index contributed by atoms with van der Waals surface area (Å²) in [4.78, 5) is 108. The van der Waals surface area contributed by atoms with Crippen LogP contribution in [0.25, 0.3) is 16.1 Å². The number of carbonyl (C=O) groups excluding carboxylic acids is 8. The van der Waals surface area contributed by atoms with Crippen LogP contribution in [0.1, 0.15) is 107 Å². The van der Waals surface area contributed by atoms with E-state index in [1.54, 1.807) is 101 Å². The van der Waals surface area contributed by atoms with Gasteiger partial charge in [0.2, 0.25) is 23.6 Å². The van der Waals surface area contributed by atoms with Gasteiger partial charge in [-0.2, -0.15) is 0 Å². The highest BCUT2D eigenvalue weighted by molar-refractivity contribution is 7.13. The van der Waals surface area contributed by atoms with Gasteiger partial charge in [0, 0.05) is 55.6 Å². The van der Waals surface area contributed by atoms with Gasteiger partial charge in [-0.05, 0) is 177 Å². The summed E-state index contributed by atoms with van der Waals surface area (Å²) in [5, 5.41) is 15.6. The van der Waals surface area contributed by atoms with Crippen LogP contribution in [0.2, 0.25) is 15.1 Å². The summed E-state index contributed by atoms with van der Waals surface area (Å²) < 4.78 is 18.6. The van der Waals surface area contributed by atoms with Gasteiger partial charge in [-0.3, -0.25) is 38.4 Å². The van der Waals surface area contributed by atoms with E-state index < -0.39 is 46.4 Å². The normalized spacial score (nSPS) is 23.6. The van der Waals surface area contributed by atoms with Crippen molar-refractivity contribution in [2.75, 3.05) is 19.8 Å². The fourth-order valence-corrected chi connectivity index (χ4v) is 14.5. The second-order valence-corrected chi connectivity index (χ2v) is 26.3. The molecule has 23 heteroatoms. The van der Waals surface area contributed by atoms with Gasteiger partial charge < -0.3 is 51.5 Å². The Morgan fingerprint density at radius 2 is 1.10 bits per heavy atom. The van der Waals surface area contributed by atoms with Gasteiger partial charge in [0.1, 0.15) is 42.5 Å². The number of ether oxygens (including phenoxy) is 3. The number of benzene rings is 5. The molecule has 478 valence electrons. The number of aromatic nitrogens is 2. The van der Waals surface area contributed by atoms with Gasteiger partial charge in [0.25, 0.3) is 5.91 Å². The molecule has 3 saturated carbocycles. The van der Waals surface area contributed by atoms with Crippen LogP contribution in [-0.2, 0) is 62.2 Å². The molecule has 3 aliphatic heterocycles. The number of nitrogens with one attached hydrogen (secondary N) is 4. The van der Waals surface area contributed by atoms with Crippen LogP contribution in [0, 0.1) is 0 Å². The van der Waals surface area contributed by atoms with Crippen molar-refractivity contribution in [1.82, 2.24) is 30.8 Å². The second kappa shape index (κ2) is 28.5. The van der Waals surface area contributed by atoms with Crippen molar-refractivity contribution >= 4 is 93.0 Å². The van der Waals surface area contributed by atoms with Crippen molar-refractivity contribution in [1.29, 1.82) is 0 Å². The number of nitrogens with zero attached hydrogens (tertiary/aromatic N) is 2. The smallest absolute Gasteiger partial charge is 0.251 e. The third kappa shape index (κ3) is 14.3. The summed E-state index contributed by atoms with van der Waals surface area (Å²) in [6, 6.07) is 36.4. The predicted molar refractivity (Wildman–Crippen MR) is 348 cm³/mol. The molecule has 3 saturated heterocycles. The lowest BCUT2D eigenvalue weighted by atomic mass is 9.85. The zero-order valence-corrected chi connectivity index (χ0v) is 53.2. The number of Topliss-reactive ketones (excluding diaryl/α,β-unsaturated/α-hetero) is 3. The quantitative estimate of drug-likeness (QED) is 0.0470. The maximum absolute atomic E-state index is 13.9. The van der Waals surface area contributed by atoms with Crippen molar-refractivity contribution < 1.29 is 52.6 Å². The second-order valence-electron chi connectivity index (χ2n) is 24.1. The van der Waals surface area contributed by atoms with Crippen molar-refractivity contribution in [2.45, 2.75) is 130 Å². The number of hydrogen-bond acceptors (Lipinski definition) is 14. The van der Waals surface area contributed by atoms with E-state index in [0.29, 0.717) is 51.9 Å². The zero-order valence-electron chi connectivity index (χ0n) is 50.1. The van der Waals surface area contributed by atoms with E-state index in [9.17, 15) is 38.4 Å². The largest absolute Gasteiger partial charge is 0.367 e. The van der Waals surface area contributed by atoms with Crippen molar-refractivity contribution in [3.8, 4) is 16.1 Å². The highest BCUT2D eigenvalue weighted by atomic mass is 35.5. The monoisotopic (exact) mass is 1320 g/mol. The minimum absolute atomic E-state index is 0.00452. The minimum Gasteiger partial charge on any atom is -0.367 e. The third-order valence-electron chi connectivity index (χ3n) is 18.3. The molecule has 9 atom stereocenters. The number of amides is 5. The van der Waals surface area contributed by atoms with Crippen LogP contribution in [0.3, 0.4) is 0 Å². The number of thiophene rings is 1. The Hall–Kier alpha value is -7.92. The van der Waals surface area contributed by atoms with Gasteiger partial charge in [-0.1, -0.05) is 89.4 Å². The molecular weight excluding hydrogens is 1260 g/mol. The summed E-state index contributed by atoms with van der Waals surface area (Å²) in [5.74, 6) is -3.08. The van der Waals surface area contributed by atoms with Gasteiger partial charge in [0.15, 0.2) is 17.3 Å². The van der Waals surface area contributed by atoms with Gasteiger partial charge >= 0.3 is 0 Å². The van der Waals surface area contributed by atoms with Crippen LogP contribution in [-0.4, -0.2) is 123 Å². The number of hydrogen-bond donors (Lipinski definition) is 6. The Morgan fingerprint density at radius 3 is 1.58 bits per heavy atom. The lowest BCUT2D eigenvalue weighted by molar-refractivity contribution is -0.131. The average molecular weight is 1320 g/mol. The molecule has 5 amide bonds. The number of nitrogens with two attached hydrogens (primary N) is 2.